The van der Waals surface area contributed by atoms with Crippen LogP contribution in [0.25, 0.3) is 0 Å². The zero-order valence-electron chi connectivity index (χ0n) is 10.3. The Bertz CT molecular complexity index is 271. The maximum Gasteiger partial charge on any atom is 0.224 e. The molecule has 0 bridgehead atoms. The summed E-state index contributed by atoms with van der Waals surface area (Å²) in [6.45, 7) is 5.81. The molecule has 0 spiro atoms. The van der Waals surface area contributed by atoms with E-state index in [2.05, 4.69) is 17.6 Å². The fourth-order valence-electron chi connectivity index (χ4n) is 2.11. The van der Waals surface area contributed by atoms with Gasteiger partial charge in [-0.15, -0.1) is 0 Å². The predicted molar refractivity (Wildman–Crippen MR) is 66.7 cm³/mol. The van der Waals surface area contributed by atoms with Gasteiger partial charge in [0, 0.05) is 35.4 Å². The minimum atomic E-state index is -0.854. The lowest BCUT2D eigenvalue weighted by molar-refractivity contribution is -0.126. The summed E-state index contributed by atoms with van der Waals surface area (Å²) in [5.41, 5.74) is 0. The lowest BCUT2D eigenvalue weighted by Gasteiger charge is -2.27. The van der Waals surface area contributed by atoms with Gasteiger partial charge in [-0.3, -0.25) is 9.00 Å². The molecule has 2 N–H and O–H groups in total. The van der Waals surface area contributed by atoms with Crippen molar-refractivity contribution < 1.29 is 9.00 Å². The number of hydrogen-bond donors (Lipinski definition) is 2. The highest BCUT2D eigenvalue weighted by atomic mass is 32.2. The summed E-state index contributed by atoms with van der Waals surface area (Å²) >= 11 is 0. The lowest BCUT2D eigenvalue weighted by Crippen LogP contribution is -2.46. The summed E-state index contributed by atoms with van der Waals surface area (Å²) in [5.74, 6) is 1.25. The molecule has 0 radical (unpaired) electrons. The highest BCUT2D eigenvalue weighted by Gasteiger charge is 2.25. The number of hydrogen-bond acceptors (Lipinski definition) is 3. The molecule has 4 atom stereocenters. The molecule has 0 saturated carbocycles. The van der Waals surface area contributed by atoms with Gasteiger partial charge in [-0.05, 0) is 25.8 Å². The molecular formula is C11H22N2O2S. The van der Waals surface area contributed by atoms with Gasteiger partial charge in [-0.25, -0.2) is 0 Å². The third kappa shape index (κ3) is 4.61. The van der Waals surface area contributed by atoms with Crippen molar-refractivity contribution in [2.75, 3.05) is 25.1 Å². The van der Waals surface area contributed by atoms with E-state index >= 15 is 0 Å². The first-order valence-corrected chi connectivity index (χ1v) is 7.53. The fourth-order valence-corrected chi connectivity index (χ4v) is 2.90. The Balaban J connectivity index is 2.36. The van der Waals surface area contributed by atoms with Crippen molar-refractivity contribution in [3.63, 3.8) is 0 Å². The van der Waals surface area contributed by atoms with Crippen LogP contribution in [-0.2, 0) is 15.6 Å². The molecule has 0 aromatic heterocycles. The van der Waals surface area contributed by atoms with Crippen LogP contribution in [-0.4, -0.2) is 41.3 Å². The van der Waals surface area contributed by atoms with Crippen molar-refractivity contribution in [1.29, 1.82) is 0 Å². The van der Waals surface area contributed by atoms with Gasteiger partial charge in [-0.1, -0.05) is 6.92 Å². The van der Waals surface area contributed by atoms with Crippen LogP contribution >= 0.6 is 0 Å². The minimum absolute atomic E-state index is 0.00411. The first-order chi connectivity index (χ1) is 7.49. The molecule has 1 fully saturated rings. The van der Waals surface area contributed by atoms with E-state index in [0.29, 0.717) is 11.7 Å². The summed E-state index contributed by atoms with van der Waals surface area (Å²) < 4.78 is 11.0. The van der Waals surface area contributed by atoms with E-state index < -0.39 is 10.8 Å². The maximum absolute atomic E-state index is 11.9. The second-order valence-electron chi connectivity index (χ2n) is 4.85. The molecular weight excluding hydrogens is 224 g/mol. The Kier molecular flexibility index (Phi) is 5.41. The van der Waals surface area contributed by atoms with Gasteiger partial charge in [0.2, 0.25) is 5.91 Å². The van der Waals surface area contributed by atoms with E-state index in [1.807, 2.05) is 6.92 Å². The van der Waals surface area contributed by atoms with Gasteiger partial charge in [0.1, 0.15) is 0 Å². The molecule has 4 unspecified atom stereocenters. The number of nitrogens with one attached hydrogen (secondary N) is 2. The molecule has 1 saturated heterocycles. The van der Waals surface area contributed by atoms with E-state index in [0.717, 1.165) is 19.5 Å². The molecule has 4 nitrogen and oxygen atoms in total. The molecule has 16 heavy (non-hydrogen) atoms. The van der Waals surface area contributed by atoms with E-state index in [1.54, 1.807) is 6.26 Å². The van der Waals surface area contributed by atoms with E-state index in [9.17, 15) is 9.00 Å². The Hall–Kier alpha value is -0.420. The van der Waals surface area contributed by atoms with Crippen molar-refractivity contribution in [2.24, 2.45) is 11.8 Å². The summed E-state index contributed by atoms with van der Waals surface area (Å²) in [6, 6.07) is -0.00411. The van der Waals surface area contributed by atoms with Gasteiger partial charge in [-0.2, -0.15) is 0 Å². The van der Waals surface area contributed by atoms with Gasteiger partial charge in [0.05, 0.1) is 5.92 Å². The van der Waals surface area contributed by atoms with Crippen molar-refractivity contribution in [3.8, 4) is 0 Å². The lowest BCUT2D eigenvalue weighted by atomic mass is 9.91. The van der Waals surface area contributed by atoms with Crippen LogP contribution in [0.4, 0.5) is 0 Å². The van der Waals surface area contributed by atoms with Crippen LogP contribution in [0, 0.1) is 11.8 Å². The normalized spacial score (nSPS) is 29.4. The van der Waals surface area contributed by atoms with Gasteiger partial charge >= 0.3 is 0 Å². The highest BCUT2D eigenvalue weighted by Crippen LogP contribution is 2.15. The van der Waals surface area contributed by atoms with Crippen LogP contribution in [0.1, 0.15) is 20.3 Å². The first-order valence-electron chi connectivity index (χ1n) is 5.80. The Labute approximate surface area is 100 Å². The Morgan fingerprint density at radius 2 is 2.25 bits per heavy atom. The van der Waals surface area contributed by atoms with Crippen molar-refractivity contribution >= 4 is 16.7 Å². The fraction of sp³-hybridized carbons (Fsp3) is 0.909. The summed E-state index contributed by atoms with van der Waals surface area (Å²) in [6.07, 6.45) is 2.60. The molecule has 1 heterocycles. The van der Waals surface area contributed by atoms with Gasteiger partial charge < -0.3 is 10.6 Å². The van der Waals surface area contributed by atoms with Crippen LogP contribution < -0.4 is 10.6 Å². The standard InChI is InChI=1S/C11H22N2O2S/c1-8-4-10(6-12-5-8)11(14)13-9(2)7-16(3)15/h8-10,12H,4-7H2,1-3H3,(H,13,14). The SMILES string of the molecule is CC1CNCC(C(=O)NC(C)CS(C)=O)C1. The van der Waals surface area contributed by atoms with Crippen molar-refractivity contribution in [2.45, 2.75) is 26.3 Å². The quantitative estimate of drug-likeness (QED) is 0.740. The number of piperidine rings is 1. The molecule has 1 aliphatic heterocycles. The number of rotatable bonds is 4. The number of amides is 1. The predicted octanol–water partition coefficient (Wildman–Crippen LogP) is 0.115. The summed E-state index contributed by atoms with van der Waals surface area (Å²) in [7, 11) is -0.854. The molecule has 0 aromatic carbocycles. The smallest absolute Gasteiger partial charge is 0.224 e. The highest BCUT2D eigenvalue weighted by molar-refractivity contribution is 7.84. The molecule has 94 valence electrons. The number of carbonyl (C=O) groups excluding carboxylic acids is 1. The largest absolute Gasteiger partial charge is 0.352 e. The van der Waals surface area contributed by atoms with E-state index in [-0.39, 0.29) is 17.9 Å². The molecule has 0 aromatic rings. The first kappa shape index (κ1) is 13.6. The van der Waals surface area contributed by atoms with Gasteiger partial charge in [0.25, 0.3) is 0 Å². The zero-order chi connectivity index (χ0) is 12.1. The summed E-state index contributed by atoms with van der Waals surface area (Å²) in [5, 5.41) is 6.19. The summed E-state index contributed by atoms with van der Waals surface area (Å²) in [4.78, 5) is 11.9. The monoisotopic (exact) mass is 246 g/mol. The second-order valence-corrected chi connectivity index (χ2v) is 6.33. The Morgan fingerprint density at radius 3 is 2.81 bits per heavy atom. The average molecular weight is 246 g/mol. The van der Waals surface area contributed by atoms with Crippen molar-refractivity contribution in [3.05, 3.63) is 0 Å². The van der Waals surface area contributed by atoms with Crippen LogP contribution in [0.2, 0.25) is 0 Å². The second kappa shape index (κ2) is 6.35. The molecule has 1 aliphatic rings. The van der Waals surface area contributed by atoms with Crippen molar-refractivity contribution in [1.82, 2.24) is 10.6 Å². The van der Waals surface area contributed by atoms with Gasteiger partial charge in [0.15, 0.2) is 0 Å². The molecule has 1 rings (SSSR count). The topological polar surface area (TPSA) is 58.2 Å². The third-order valence-electron chi connectivity index (χ3n) is 2.81. The third-order valence-corrected chi connectivity index (χ3v) is 3.78. The Morgan fingerprint density at radius 1 is 1.56 bits per heavy atom. The van der Waals surface area contributed by atoms with Crippen LogP contribution in [0.3, 0.4) is 0 Å². The van der Waals surface area contributed by atoms with E-state index in [4.69, 9.17) is 0 Å². The zero-order valence-corrected chi connectivity index (χ0v) is 11.1. The maximum atomic E-state index is 11.9. The van der Waals surface area contributed by atoms with E-state index in [1.165, 1.54) is 0 Å². The molecule has 5 heteroatoms. The molecule has 0 aliphatic carbocycles. The average Bonchev–Trinajstić information content (AvgIpc) is 2.16. The van der Waals surface area contributed by atoms with Crippen LogP contribution in [0.5, 0.6) is 0 Å². The number of carbonyl (C=O) groups is 1. The minimum Gasteiger partial charge on any atom is -0.352 e. The molecule has 1 amide bonds. The van der Waals surface area contributed by atoms with Crippen LogP contribution in [0.15, 0.2) is 0 Å².